The van der Waals surface area contributed by atoms with Gasteiger partial charge in [-0.05, 0) is 38.5 Å². The quantitative estimate of drug-likeness (QED) is 0.0431. The summed E-state index contributed by atoms with van der Waals surface area (Å²) in [5.74, 6) is -2.71. The van der Waals surface area contributed by atoms with Crippen LogP contribution in [0, 0.1) is 0 Å². The number of carbonyl (C=O) groups excluding carboxylic acids is 3. The fraction of sp³-hybridized carbons (Fsp3) is 0.944. The second kappa shape index (κ2) is 79.6. The van der Waals surface area contributed by atoms with Crippen LogP contribution in [-0.2, 0) is 23.3 Å². The maximum absolute atomic E-state index is 10.2. The number of rotatable bonds is 48. The van der Waals surface area contributed by atoms with Crippen molar-refractivity contribution in [3.05, 3.63) is 0 Å². The monoisotopic (exact) mass is 982 g/mol. The van der Waals surface area contributed by atoms with Gasteiger partial charge in [-0.25, -0.2) is 0 Å². The van der Waals surface area contributed by atoms with Gasteiger partial charge < -0.3 is 29.7 Å². The molecule has 0 radical (unpaired) electrons. The maximum atomic E-state index is 10.2. The number of carbonyl (C=O) groups is 3. The zero-order valence-corrected chi connectivity index (χ0v) is 49.6. The number of hydrogen-bond donors (Lipinski definition) is 0. The summed E-state index contributed by atoms with van der Waals surface area (Å²) in [6, 6.07) is 0. The molecule has 66 heavy (non-hydrogen) atoms. The molecular weight excluding hydrogens is 878 g/mol. The van der Waals surface area contributed by atoms with Gasteiger partial charge >= 0.3 is 78.5 Å². The van der Waals surface area contributed by atoms with Gasteiger partial charge in [-0.2, -0.15) is 0 Å². The van der Waals surface area contributed by atoms with E-state index < -0.39 is 27.2 Å². The van der Waals surface area contributed by atoms with Gasteiger partial charge in [-0.3, -0.25) is 8.92 Å². The van der Waals surface area contributed by atoms with Crippen LogP contribution in [0.25, 0.3) is 0 Å². The van der Waals surface area contributed by atoms with Crippen LogP contribution in [0.2, 0.25) is 0 Å². The minimum atomic E-state index is -1.42. The Morgan fingerprint density at radius 1 is 0.242 bits per heavy atom. The molecule has 0 heterocycles. The summed E-state index contributed by atoms with van der Waals surface area (Å²) < 4.78 is 16.8. The van der Waals surface area contributed by atoms with Crippen molar-refractivity contribution in [1.29, 1.82) is 0 Å². The number of carboxylic acid groups (broad SMARTS) is 3. The summed E-state index contributed by atoms with van der Waals surface area (Å²) >= 11 is 0. The third-order valence-corrected chi connectivity index (χ3v) is 12.0. The van der Waals surface area contributed by atoms with Crippen LogP contribution >= 0.6 is 0 Å². The van der Waals surface area contributed by atoms with Crippen LogP contribution < -0.4 is 15.3 Å². The Morgan fingerprint density at radius 2 is 0.333 bits per heavy atom. The topological polar surface area (TPSA) is 155 Å². The second-order valence-electron chi connectivity index (χ2n) is 18.3. The van der Waals surface area contributed by atoms with Gasteiger partial charge in [-0.15, -0.1) is 0 Å². The number of hydrogen-bond acceptors (Lipinski definition) is 8. The molecule has 0 aromatic heterocycles. The Kier molecular flexibility index (Phi) is 97.3. The molecule has 8 nitrogen and oxygen atoms in total. The first-order valence-corrected chi connectivity index (χ1v) is 28.1. The molecule has 0 spiro atoms. The molecule has 12 heteroatoms. The van der Waals surface area contributed by atoms with Crippen molar-refractivity contribution in [3.63, 3.8) is 0 Å². The van der Waals surface area contributed by atoms with Crippen molar-refractivity contribution in [3.8, 4) is 0 Å². The minimum absolute atomic E-state index is 0. The Balaban J connectivity index is -0.000000150. The standard InChI is InChI=1S/3C18H36O2.3Mg.O2Si/c3*1-2-3-4-5-6-7-8-9-10-11-12-13-14-15-16-17-18(19)20;;;;1-3-2/h3*2-17H2,1H3,(H,19,20);;;;/q;;;3*+2;/p-3. The average Bonchev–Trinajstić information content (AvgIpc) is 3.25. The summed E-state index contributed by atoms with van der Waals surface area (Å²) in [7, 11) is -1.42. The van der Waals surface area contributed by atoms with Crippen molar-refractivity contribution < 1.29 is 38.6 Å². The second-order valence-corrected chi connectivity index (χ2v) is 18.5. The van der Waals surface area contributed by atoms with E-state index in [1.54, 1.807) is 0 Å². The predicted molar refractivity (Wildman–Crippen MR) is 278 cm³/mol. The molecule has 376 valence electrons. The summed E-state index contributed by atoms with van der Waals surface area (Å²) in [6.45, 7) is 6.80. The van der Waals surface area contributed by atoms with Gasteiger partial charge in [0.1, 0.15) is 0 Å². The van der Waals surface area contributed by atoms with Crippen molar-refractivity contribution in [2.75, 3.05) is 0 Å². The average molecular weight is 983 g/mol. The molecule has 0 N–H and O–H groups in total. The molecule has 0 saturated carbocycles. The summed E-state index contributed by atoms with van der Waals surface area (Å²) in [5.41, 5.74) is 0. The summed E-state index contributed by atoms with van der Waals surface area (Å²) in [4.78, 5) is 30.7. The maximum Gasteiger partial charge on any atom is 2.00 e. The molecule has 0 bridgehead atoms. The number of unbranched alkanes of at least 4 members (excludes halogenated alkanes) is 42. The predicted octanol–water partition coefficient (Wildman–Crippen LogP) is 13.2. The van der Waals surface area contributed by atoms with E-state index in [1.807, 2.05) is 0 Å². The van der Waals surface area contributed by atoms with Gasteiger partial charge in [0, 0.05) is 17.9 Å². The fourth-order valence-electron chi connectivity index (χ4n) is 7.92. The molecule has 0 rings (SSSR count). The number of carboxylic acids is 3. The van der Waals surface area contributed by atoms with Crippen molar-refractivity contribution in [2.45, 2.75) is 329 Å². The third-order valence-electron chi connectivity index (χ3n) is 12.0. The Labute approximate surface area is 460 Å². The molecule has 0 aliphatic heterocycles. The first kappa shape index (κ1) is 80.6. The Bertz CT molecular complexity index is 821. The molecule has 0 aliphatic carbocycles. The molecule has 0 amide bonds. The zero-order valence-electron chi connectivity index (χ0n) is 44.3. The molecular formula is C54H105Mg3O8Si+3. The van der Waals surface area contributed by atoms with E-state index in [4.69, 9.17) is 8.92 Å². The van der Waals surface area contributed by atoms with Crippen molar-refractivity contribution in [2.24, 2.45) is 0 Å². The first-order valence-electron chi connectivity index (χ1n) is 27.3. The van der Waals surface area contributed by atoms with Crippen LogP contribution in [0.1, 0.15) is 329 Å². The summed E-state index contributed by atoms with van der Waals surface area (Å²) in [5, 5.41) is 30.7. The largest absolute Gasteiger partial charge is 2.00 e. The van der Waals surface area contributed by atoms with Crippen LogP contribution in [0.4, 0.5) is 0 Å². The molecule has 0 aromatic carbocycles. The first-order chi connectivity index (χ1) is 30.7. The smallest absolute Gasteiger partial charge is 0.550 e. The van der Waals surface area contributed by atoms with Gasteiger partial charge in [0.05, 0.1) is 0 Å². The zero-order chi connectivity index (χ0) is 47.4. The Morgan fingerprint density at radius 3 is 0.424 bits per heavy atom. The Hall–Kier alpha value is 0.526. The van der Waals surface area contributed by atoms with Crippen LogP contribution in [0.15, 0.2) is 0 Å². The van der Waals surface area contributed by atoms with E-state index >= 15 is 0 Å². The van der Waals surface area contributed by atoms with Gasteiger partial charge in [0.15, 0.2) is 0 Å². The molecule has 0 fully saturated rings. The van der Waals surface area contributed by atoms with Crippen LogP contribution in [0.5, 0.6) is 0 Å². The van der Waals surface area contributed by atoms with Gasteiger partial charge in [-0.1, -0.05) is 290 Å². The van der Waals surface area contributed by atoms with E-state index in [9.17, 15) is 29.7 Å². The van der Waals surface area contributed by atoms with E-state index in [1.165, 1.54) is 250 Å². The van der Waals surface area contributed by atoms with E-state index in [-0.39, 0.29) is 88.4 Å². The van der Waals surface area contributed by atoms with E-state index in [0.29, 0.717) is 0 Å². The van der Waals surface area contributed by atoms with Crippen LogP contribution in [-0.4, -0.2) is 96.4 Å². The van der Waals surface area contributed by atoms with Crippen molar-refractivity contribution in [1.82, 2.24) is 0 Å². The summed E-state index contributed by atoms with van der Waals surface area (Å²) in [6.07, 6.45) is 59.6. The van der Waals surface area contributed by atoms with Gasteiger partial charge in [0.2, 0.25) is 0 Å². The van der Waals surface area contributed by atoms with Crippen LogP contribution in [0.3, 0.4) is 0 Å². The molecule has 0 saturated heterocycles. The van der Waals surface area contributed by atoms with Gasteiger partial charge in [0.25, 0.3) is 0 Å². The molecule has 0 unspecified atom stereocenters. The molecule has 0 aromatic rings. The van der Waals surface area contributed by atoms with Crippen molar-refractivity contribution >= 4 is 96.4 Å². The third kappa shape index (κ3) is 98.1. The van der Waals surface area contributed by atoms with E-state index in [0.717, 1.165) is 38.5 Å². The normalized spacial score (nSPS) is 9.98. The SMILES string of the molecule is CCCCCCCCCCCCCCCCCC(=O)[O-].CCCCCCCCCCCCCCCCCC(=O)[O-].CCCCCCCCCCCCCCCCCC(=O)[O-].O=[Si]=O.[Mg+2].[Mg+2].[Mg+2]. The minimum Gasteiger partial charge on any atom is -0.550 e. The number of aliphatic carboxylic acids is 3. The van der Waals surface area contributed by atoms with E-state index in [2.05, 4.69) is 20.8 Å². The molecule has 0 atom stereocenters. The molecule has 0 aliphatic rings. The fourth-order valence-corrected chi connectivity index (χ4v) is 7.92.